The second-order valence-corrected chi connectivity index (χ2v) is 11.9. The molecule has 11 nitrogen and oxygen atoms in total. The molecule has 7 rings (SSSR count). The number of ether oxygens (including phenoxy) is 4. The highest BCUT2D eigenvalue weighted by Crippen LogP contribution is 2.43. The van der Waals surface area contributed by atoms with Gasteiger partial charge in [0, 0.05) is 11.8 Å². The second-order valence-electron chi connectivity index (χ2n) is 11.9. The van der Waals surface area contributed by atoms with Crippen molar-refractivity contribution in [3.63, 3.8) is 0 Å². The molecule has 1 saturated heterocycles. The number of amides is 1. The molecule has 0 bridgehead atoms. The average Bonchev–Trinajstić information content (AvgIpc) is 3.73. The summed E-state index contributed by atoms with van der Waals surface area (Å²) >= 11 is 0. The van der Waals surface area contributed by atoms with Crippen LogP contribution in [0.4, 0.5) is 5.82 Å². The van der Waals surface area contributed by atoms with Crippen LogP contribution in [0.1, 0.15) is 33.3 Å². The number of aromatic nitrogens is 3. The number of benzene rings is 4. The molecular weight excluding hydrogens is 636 g/mol. The fourth-order valence-corrected chi connectivity index (χ4v) is 6.42. The quantitative estimate of drug-likeness (QED) is 0.156. The molecule has 0 spiro atoms. The highest BCUT2D eigenvalue weighted by atomic mass is 16.6. The van der Waals surface area contributed by atoms with E-state index in [-0.39, 0.29) is 12.5 Å². The molecule has 1 aliphatic rings. The Hall–Kier alpha value is -5.59. The Bertz CT molecular complexity index is 2010. The Kier molecular flexibility index (Phi) is 9.29. The van der Waals surface area contributed by atoms with E-state index >= 15 is 0 Å². The lowest BCUT2D eigenvalue weighted by molar-refractivity contribution is -0.0941. The zero-order valence-corrected chi connectivity index (χ0v) is 27.4. The minimum absolute atomic E-state index is 0.0890. The van der Waals surface area contributed by atoms with Gasteiger partial charge >= 0.3 is 0 Å². The van der Waals surface area contributed by atoms with Crippen molar-refractivity contribution in [2.75, 3.05) is 26.1 Å². The lowest BCUT2D eigenvalue weighted by Crippen LogP contribution is -2.39. The third-order valence-electron chi connectivity index (χ3n) is 9.03. The Labute approximate surface area is 288 Å². The molecule has 254 valence electrons. The molecule has 2 aromatic heterocycles. The van der Waals surface area contributed by atoms with Crippen LogP contribution < -0.4 is 14.8 Å². The number of methoxy groups -OCH3 is 2. The number of carbonyl (C=O) groups is 1. The predicted molar refractivity (Wildman–Crippen MR) is 186 cm³/mol. The van der Waals surface area contributed by atoms with Crippen LogP contribution >= 0.6 is 0 Å². The standard InChI is InChI=1S/C39H36N4O7/c1-47-29-17-13-27(14-18-29)39(26-11-7-4-8-12-26,28-15-19-30(48-2)20-16-28)49-23-32-33(44)34(45)38(50-32)43-22-21-31-35(40-24-41-36(31)43)42-37(46)25-9-5-3-6-10-25/h3-22,24,32-34,38,44-45H,23H2,1-2H3,(H,40,41,42,46)/t32-,33-,34-,38-/m1/s1. The first-order valence-electron chi connectivity index (χ1n) is 16.1. The van der Waals surface area contributed by atoms with E-state index in [0.717, 1.165) is 16.7 Å². The monoisotopic (exact) mass is 672 g/mol. The number of hydrogen-bond donors (Lipinski definition) is 3. The van der Waals surface area contributed by atoms with Crippen LogP contribution in [0.15, 0.2) is 128 Å². The molecule has 1 amide bonds. The average molecular weight is 673 g/mol. The minimum atomic E-state index is -1.32. The van der Waals surface area contributed by atoms with Crippen LogP contribution in [0.2, 0.25) is 0 Å². The van der Waals surface area contributed by atoms with Gasteiger partial charge in [-0.1, -0.05) is 72.8 Å². The van der Waals surface area contributed by atoms with Crippen molar-refractivity contribution in [3.8, 4) is 11.5 Å². The Morgan fingerprint density at radius 2 is 1.36 bits per heavy atom. The normalized spacial score (nSPS) is 19.0. The number of aliphatic hydroxyl groups excluding tert-OH is 2. The molecule has 0 radical (unpaired) electrons. The number of nitrogens with zero attached hydrogens (tertiary/aromatic N) is 3. The number of aliphatic hydroxyl groups is 2. The third kappa shape index (κ3) is 6.08. The maximum absolute atomic E-state index is 12.9. The van der Waals surface area contributed by atoms with Gasteiger partial charge in [0.15, 0.2) is 6.23 Å². The van der Waals surface area contributed by atoms with Crippen molar-refractivity contribution in [1.29, 1.82) is 0 Å². The molecule has 11 heteroatoms. The topological polar surface area (TPSA) is 137 Å². The molecule has 3 N–H and O–H groups in total. The van der Waals surface area contributed by atoms with Gasteiger partial charge in [-0.15, -0.1) is 0 Å². The van der Waals surface area contributed by atoms with Gasteiger partial charge in [-0.05, 0) is 59.2 Å². The Morgan fingerprint density at radius 3 is 1.96 bits per heavy atom. The number of nitrogens with one attached hydrogen (secondary N) is 1. The molecular formula is C39H36N4O7. The second kappa shape index (κ2) is 14.1. The molecule has 3 heterocycles. The minimum Gasteiger partial charge on any atom is -0.497 e. The molecule has 1 aliphatic heterocycles. The smallest absolute Gasteiger partial charge is 0.256 e. The molecule has 1 fully saturated rings. The van der Waals surface area contributed by atoms with E-state index in [1.54, 1.807) is 55.3 Å². The SMILES string of the molecule is COc1ccc(C(OC[C@H]2O[C@@H](n3ccc4c(NC(=O)c5ccccc5)ncnc43)[C@H](O)[C@@H]2O)(c2ccccc2)c2ccc(OC)cc2)cc1. The van der Waals surface area contributed by atoms with Crippen molar-refractivity contribution in [3.05, 3.63) is 150 Å². The molecule has 4 aromatic carbocycles. The summed E-state index contributed by atoms with van der Waals surface area (Å²) in [6.07, 6.45) is -1.52. The maximum atomic E-state index is 12.9. The largest absolute Gasteiger partial charge is 0.497 e. The molecule has 0 aliphatic carbocycles. The lowest BCUT2D eigenvalue weighted by Gasteiger charge is -2.37. The molecule has 4 atom stereocenters. The van der Waals surface area contributed by atoms with Gasteiger partial charge in [0.2, 0.25) is 0 Å². The van der Waals surface area contributed by atoms with Crippen LogP contribution in [0.25, 0.3) is 11.0 Å². The predicted octanol–water partition coefficient (Wildman–Crippen LogP) is 5.33. The maximum Gasteiger partial charge on any atom is 0.256 e. The van der Waals surface area contributed by atoms with Crippen molar-refractivity contribution >= 4 is 22.8 Å². The summed E-state index contributed by atoms with van der Waals surface area (Å²) in [4.78, 5) is 21.6. The number of rotatable bonds is 11. The van der Waals surface area contributed by atoms with Crippen molar-refractivity contribution in [2.24, 2.45) is 0 Å². The summed E-state index contributed by atoms with van der Waals surface area (Å²) in [5, 5.41) is 26.1. The number of anilines is 1. The third-order valence-corrected chi connectivity index (χ3v) is 9.03. The van der Waals surface area contributed by atoms with E-state index < -0.39 is 30.1 Å². The Balaban J connectivity index is 1.20. The fourth-order valence-electron chi connectivity index (χ4n) is 6.42. The van der Waals surface area contributed by atoms with Gasteiger partial charge in [-0.25, -0.2) is 9.97 Å². The highest BCUT2D eigenvalue weighted by Gasteiger charge is 2.46. The summed E-state index contributed by atoms with van der Waals surface area (Å²) in [5.41, 5.74) is 2.23. The summed E-state index contributed by atoms with van der Waals surface area (Å²) in [6.45, 7) is -0.0890. The molecule has 0 saturated carbocycles. The first-order valence-corrected chi connectivity index (χ1v) is 16.1. The van der Waals surface area contributed by atoms with Gasteiger partial charge in [0.05, 0.1) is 26.2 Å². The van der Waals surface area contributed by atoms with Crippen LogP contribution in [0.5, 0.6) is 11.5 Å². The molecule has 50 heavy (non-hydrogen) atoms. The van der Waals surface area contributed by atoms with Crippen molar-refractivity contribution in [2.45, 2.75) is 30.1 Å². The fraction of sp³-hybridized carbons (Fsp3) is 0.205. The summed E-state index contributed by atoms with van der Waals surface area (Å²) in [5.74, 6) is 1.37. The van der Waals surface area contributed by atoms with Crippen LogP contribution in [0, 0.1) is 0 Å². The summed E-state index contributed by atoms with van der Waals surface area (Å²) < 4.78 is 25.8. The van der Waals surface area contributed by atoms with E-state index in [9.17, 15) is 15.0 Å². The number of fused-ring (bicyclic) bond motifs is 1. The zero-order valence-electron chi connectivity index (χ0n) is 27.4. The molecule has 6 aromatic rings. The highest BCUT2D eigenvalue weighted by molar-refractivity contribution is 6.07. The van der Waals surface area contributed by atoms with Crippen LogP contribution in [-0.4, -0.2) is 69.8 Å². The lowest BCUT2D eigenvalue weighted by atomic mass is 9.80. The zero-order chi connectivity index (χ0) is 34.7. The van der Waals surface area contributed by atoms with E-state index in [1.807, 2.05) is 84.9 Å². The van der Waals surface area contributed by atoms with E-state index in [1.165, 1.54) is 6.33 Å². The van der Waals surface area contributed by atoms with Gasteiger partial charge < -0.3 is 39.0 Å². The van der Waals surface area contributed by atoms with Gasteiger partial charge in [0.1, 0.15) is 53.2 Å². The van der Waals surface area contributed by atoms with E-state index in [0.29, 0.717) is 33.9 Å². The van der Waals surface area contributed by atoms with Crippen LogP contribution in [-0.2, 0) is 15.1 Å². The first-order chi connectivity index (χ1) is 24.4. The van der Waals surface area contributed by atoms with Crippen molar-refractivity contribution in [1.82, 2.24) is 14.5 Å². The van der Waals surface area contributed by atoms with E-state index in [2.05, 4.69) is 15.3 Å². The first kappa shape index (κ1) is 32.9. The number of hydrogen-bond acceptors (Lipinski definition) is 9. The van der Waals surface area contributed by atoms with E-state index in [4.69, 9.17) is 18.9 Å². The van der Waals surface area contributed by atoms with Gasteiger partial charge in [0.25, 0.3) is 5.91 Å². The summed E-state index contributed by atoms with van der Waals surface area (Å²) in [6, 6.07) is 35.6. The van der Waals surface area contributed by atoms with Gasteiger partial charge in [-0.2, -0.15) is 0 Å². The Morgan fingerprint density at radius 1 is 0.780 bits per heavy atom. The van der Waals surface area contributed by atoms with Crippen molar-refractivity contribution < 1.29 is 34.0 Å². The summed E-state index contributed by atoms with van der Waals surface area (Å²) in [7, 11) is 3.23. The van der Waals surface area contributed by atoms with Crippen LogP contribution in [0.3, 0.4) is 0 Å². The molecule has 0 unspecified atom stereocenters. The van der Waals surface area contributed by atoms with Gasteiger partial charge in [-0.3, -0.25) is 4.79 Å². The number of carbonyl (C=O) groups excluding carboxylic acids is 1.